The summed E-state index contributed by atoms with van der Waals surface area (Å²) in [5.74, 6) is 0.0869. The van der Waals surface area contributed by atoms with Gasteiger partial charge in [-0.05, 0) is 38.0 Å². The molecule has 1 saturated heterocycles. The Labute approximate surface area is 143 Å². The van der Waals surface area contributed by atoms with Crippen LogP contribution >= 0.6 is 0 Å². The van der Waals surface area contributed by atoms with Crippen molar-refractivity contribution in [2.24, 2.45) is 0 Å². The maximum absolute atomic E-state index is 12.5. The first-order valence-electron chi connectivity index (χ1n) is 7.96. The van der Waals surface area contributed by atoms with E-state index in [-0.39, 0.29) is 29.5 Å². The van der Waals surface area contributed by atoms with Crippen LogP contribution in [0.1, 0.15) is 37.4 Å². The molecule has 3 atom stereocenters. The van der Waals surface area contributed by atoms with E-state index in [1.54, 1.807) is 31.0 Å². The van der Waals surface area contributed by atoms with E-state index in [9.17, 15) is 13.2 Å². The zero-order valence-corrected chi connectivity index (χ0v) is 15.0. The summed E-state index contributed by atoms with van der Waals surface area (Å²) in [6, 6.07) is 8.57. The van der Waals surface area contributed by atoms with Gasteiger partial charge in [-0.25, -0.2) is 8.42 Å². The van der Waals surface area contributed by atoms with Crippen molar-refractivity contribution in [2.75, 3.05) is 18.6 Å². The third kappa shape index (κ3) is 4.34. The first kappa shape index (κ1) is 18.4. The molecule has 24 heavy (non-hydrogen) atoms. The van der Waals surface area contributed by atoms with Crippen molar-refractivity contribution in [3.63, 3.8) is 0 Å². The van der Waals surface area contributed by atoms with Gasteiger partial charge in [0.15, 0.2) is 9.84 Å². The van der Waals surface area contributed by atoms with Crippen molar-refractivity contribution in [2.45, 2.75) is 38.4 Å². The van der Waals surface area contributed by atoms with E-state index in [4.69, 9.17) is 5.26 Å². The third-order valence-corrected chi connectivity index (χ3v) is 6.26. The Kier molecular flexibility index (Phi) is 5.62. The molecule has 0 aliphatic carbocycles. The molecule has 0 aromatic heterocycles. The number of nitrogens with one attached hydrogen (secondary N) is 1. The molecule has 1 aliphatic rings. The molecule has 1 N–H and O–H groups in total. The zero-order chi connectivity index (χ0) is 17.9. The summed E-state index contributed by atoms with van der Waals surface area (Å²) < 4.78 is 23.2. The van der Waals surface area contributed by atoms with Gasteiger partial charge in [0.05, 0.1) is 29.2 Å². The van der Waals surface area contributed by atoms with Gasteiger partial charge in [-0.3, -0.25) is 10.1 Å². The highest BCUT2D eigenvalue weighted by Crippen LogP contribution is 2.18. The van der Waals surface area contributed by atoms with Crippen LogP contribution in [0.5, 0.6) is 0 Å². The molecule has 0 bridgehead atoms. The van der Waals surface area contributed by atoms with Gasteiger partial charge in [-0.1, -0.05) is 12.1 Å². The predicted molar refractivity (Wildman–Crippen MR) is 92.0 cm³/mol. The van der Waals surface area contributed by atoms with Crippen LogP contribution in [0.4, 0.5) is 0 Å². The highest BCUT2D eigenvalue weighted by molar-refractivity contribution is 7.91. The number of carbonyl (C=O) groups is 1. The molecule has 2 rings (SSSR count). The lowest BCUT2D eigenvalue weighted by atomic mass is 10.1. The van der Waals surface area contributed by atoms with Crippen LogP contribution in [0.3, 0.4) is 0 Å². The number of nitriles is 1. The maximum atomic E-state index is 12.5. The van der Waals surface area contributed by atoms with Gasteiger partial charge in [0.1, 0.15) is 0 Å². The highest BCUT2D eigenvalue weighted by Gasteiger charge is 2.34. The molecular formula is C17H23N3O3S. The number of hydrogen-bond donors (Lipinski definition) is 1. The van der Waals surface area contributed by atoms with Gasteiger partial charge >= 0.3 is 0 Å². The van der Waals surface area contributed by atoms with Crippen LogP contribution in [0.2, 0.25) is 0 Å². The van der Waals surface area contributed by atoms with E-state index in [0.29, 0.717) is 12.0 Å². The van der Waals surface area contributed by atoms with E-state index in [1.807, 2.05) is 19.1 Å². The Morgan fingerprint density at radius 3 is 2.46 bits per heavy atom. The summed E-state index contributed by atoms with van der Waals surface area (Å²) in [5.41, 5.74) is 1.58. The second-order valence-corrected chi connectivity index (χ2v) is 8.58. The minimum absolute atomic E-state index is 0.0487. The van der Waals surface area contributed by atoms with Gasteiger partial charge in [0.2, 0.25) is 5.91 Å². The van der Waals surface area contributed by atoms with Crippen molar-refractivity contribution < 1.29 is 13.2 Å². The van der Waals surface area contributed by atoms with Crippen LogP contribution in [-0.2, 0) is 14.6 Å². The number of amides is 1. The quantitative estimate of drug-likeness (QED) is 0.864. The van der Waals surface area contributed by atoms with Crippen LogP contribution < -0.4 is 5.32 Å². The van der Waals surface area contributed by atoms with Crippen LogP contribution in [0.25, 0.3) is 0 Å². The van der Waals surface area contributed by atoms with Crippen molar-refractivity contribution in [1.29, 1.82) is 5.26 Å². The Morgan fingerprint density at radius 2 is 1.96 bits per heavy atom. The number of sulfone groups is 1. The summed E-state index contributed by atoms with van der Waals surface area (Å²) >= 11 is 0. The molecule has 1 aliphatic heterocycles. The number of nitrogens with zero attached hydrogens (tertiary/aromatic N) is 2. The molecule has 1 amide bonds. The van der Waals surface area contributed by atoms with Gasteiger partial charge in [-0.15, -0.1) is 0 Å². The lowest BCUT2D eigenvalue weighted by molar-refractivity contribution is -0.133. The average Bonchev–Trinajstić information content (AvgIpc) is 2.93. The molecule has 6 nitrogen and oxygen atoms in total. The molecule has 7 heteroatoms. The fourth-order valence-corrected chi connectivity index (χ4v) is 4.73. The number of rotatable bonds is 5. The van der Waals surface area contributed by atoms with Crippen LogP contribution in [0.15, 0.2) is 24.3 Å². The first-order valence-corrected chi connectivity index (χ1v) is 9.79. The number of likely N-dealkylation sites (N-methyl/N-ethyl adjacent to an activating group) is 1. The lowest BCUT2D eigenvalue weighted by Gasteiger charge is -2.28. The normalized spacial score (nSPS) is 21.7. The minimum atomic E-state index is -3.01. The van der Waals surface area contributed by atoms with Crippen molar-refractivity contribution in [1.82, 2.24) is 10.2 Å². The Morgan fingerprint density at radius 1 is 1.33 bits per heavy atom. The molecule has 1 aromatic carbocycles. The Balaban J connectivity index is 1.96. The molecule has 1 aromatic rings. The van der Waals surface area contributed by atoms with Crippen LogP contribution in [-0.4, -0.2) is 49.9 Å². The average molecular weight is 349 g/mol. The molecule has 0 radical (unpaired) electrons. The molecule has 1 heterocycles. The Bertz CT molecular complexity index is 737. The SMILES string of the molecule is C[C@H](N[C@H](C)c1ccc(C#N)cc1)C(=O)N(C)[C@H]1CCS(=O)(=O)C1. The van der Waals surface area contributed by atoms with Gasteiger partial charge in [0, 0.05) is 19.1 Å². The summed E-state index contributed by atoms with van der Waals surface area (Å²) in [6.07, 6.45) is 0.502. The largest absolute Gasteiger partial charge is 0.340 e. The second kappa shape index (κ2) is 7.32. The fraction of sp³-hybridized carbons (Fsp3) is 0.529. The predicted octanol–water partition coefficient (Wildman–Crippen LogP) is 1.24. The van der Waals surface area contributed by atoms with E-state index in [1.165, 1.54) is 0 Å². The molecule has 1 fully saturated rings. The van der Waals surface area contributed by atoms with Crippen LogP contribution in [0, 0.1) is 11.3 Å². The second-order valence-electron chi connectivity index (χ2n) is 6.35. The van der Waals surface area contributed by atoms with Crippen molar-refractivity contribution in [3.05, 3.63) is 35.4 Å². The van der Waals surface area contributed by atoms with Gasteiger partial charge in [-0.2, -0.15) is 5.26 Å². The highest BCUT2D eigenvalue weighted by atomic mass is 32.2. The van der Waals surface area contributed by atoms with Gasteiger partial charge in [0.25, 0.3) is 0 Å². The van der Waals surface area contributed by atoms with E-state index < -0.39 is 15.9 Å². The monoisotopic (exact) mass is 349 g/mol. The van der Waals surface area contributed by atoms with E-state index in [2.05, 4.69) is 11.4 Å². The third-order valence-electron chi connectivity index (χ3n) is 4.51. The first-order chi connectivity index (χ1) is 11.2. The summed E-state index contributed by atoms with van der Waals surface area (Å²) in [5, 5.41) is 12.1. The fourth-order valence-electron chi connectivity index (χ4n) is 2.96. The standard InChI is InChI=1S/C17H23N3O3S/c1-12(15-6-4-14(10-18)5-7-15)19-13(2)17(21)20(3)16-8-9-24(22,23)11-16/h4-7,12-13,16,19H,8-9,11H2,1-3H3/t12-,13+,16+/m1/s1. The number of carbonyl (C=O) groups excluding carboxylic acids is 1. The van der Waals surface area contributed by atoms with E-state index in [0.717, 1.165) is 5.56 Å². The molecular weight excluding hydrogens is 326 g/mol. The number of hydrogen-bond acceptors (Lipinski definition) is 5. The molecule has 130 valence electrons. The van der Waals surface area contributed by atoms with Gasteiger partial charge < -0.3 is 4.90 Å². The zero-order valence-electron chi connectivity index (χ0n) is 14.2. The molecule has 0 spiro atoms. The molecule has 0 saturated carbocycles. The summed E-state index contributed by atoms with van der Waals surface area (Å²) in [7, 11) is -1.35. The summed E-state index contributed by atoms with van der Waals surface area (Å²) in [4.78, 5) is 14.1. The summed E-state index contributed by atoms with van der Waals surface area (Å²) in [6.45, 7) is 3.73. The lowest BCUT2D eigenvalue weighted by Crippen LogP contribution is -2.48. The minimum Gasteiger partial charge on any atom is -0.340 e. The smallest absolute Gasteiger partial charge is 0.239 e. The van der Waals surface area contributed by atoms with Crippen molar-refractivity contribution in [3.8, 4) is 6.07 Å². The maximum Gasteiger partial charge on any atom is 0.239 e. The van der Waals surface area contributed by atoms with Crippen molar-refractivity contribution >= 4 is 15.7 Å². The topological polar surface area (TPSA) is 90.3 Å². The van der Waals surface area contributed by atoms with E-state index >= 15 is 0 Å². The number of benzene rings is 1. The molecule has 0 unspecified atom stereocenters. The Hall–Kier alpha value is -1.91.